The highest BCUT2D eigenvalue weighted by molar-refractivity contribution is 6.31. The van der Waals surface area contributed by atoms with Crippen LogP contribution in [0.3, 0.4) is 0 Å². The number of halogens is 1. The van der Waals surface area contributed by atoms with Crippen LogP contribution in [0.2, 0.25) is 5.02 Å². The molecule has 1 aromatic heterocycles. The highest BCUT2D eigenvalue weighted by Crippen LogP contribution is 2.23. The van der Waals surface area contributed by atoms with Crippen molar-refractivity contribution in [1.82, 2.24) is 15.1 Å². The van der Waals surface area contributed by atoms with Crippen molar-refractivity contribution in [1.29, 1.82) is 0 Å². The average Bonchev–Trinajstić information content (AvgIpc) is 2.64. The van der Waals surface area contributed by atoms with Crippen LogP contribution in [-0.4, -0.2) is 42.3 Å². The number of aromatic nitrogens is 2. The lowest BCUT2D eigenvalue weighted by Gasteiger charge is -2.10. The van der Waals surface area contributed by atoms with Crippen LogP contribution in [0.4, 0.5) is 0 Å². The number of hydrogen-bond acceptors (Lipinski definition) is 4. The number of likely N-dealkylation sites (tertiary alicyclic amines) is 1. The molecule has 88 valence electrons. The van der Waals surface area contributed by atoms with Crippen molar-refractivity contribution in [2.24, 2.45) is 5.92 Å². The van der Waals surface area contributed by atoms with Gasteiger partial charge in [0.2, 0.25) is 0 Å². The van der Waals surface area contributed by atoms with Crippen molar-refractivity contribution in [2.45, 2.75) is 12.8 Å². The second-order valence-corrected chi connectivity index (χ2v) is 4.72. The van der Waals surface area contributed by atoms with Crippen LogP contribution in [0.1, 0.15) is 12.1 Å². The number of methoxy groups -OCH3 is 1. The molecule has 1 atom stereocenters. The summed E-state index contributed by atoms with van der Waals surface area (Å²) in [6.07, 6.45) is 2.17. The van der Waals surface area contributed by atoms with E-state index in [0.717, 1.165) is 18.7 Å². The molecular formula is C11H16ClN3O. The van der Waals surface area contributed by atoms with E-state index in [1.165, 1.54) is 13.0 Å². The standard InChI is InChI=1S/C11H16ClN3O/c1-15-4-3-8(7-15)5-9-6-10(12)11(16-2)14-13-9/h6,8H,3-5,7H2,1-2H3. The van der Waals surface area contributed by atoms with Gasteiger partial charge < -0.3 is 9.64 Å². The third-order valence-corrected chi connectivity index (χ3v) is 3.22. The first-order valence-electron chi connectivity index (χ1n) is 5.43. The van der Waals surface area contributed by atoms with Gasteiger partial charge in [0.05, 0.1) is 12.8 Å². The van der Waals surface area contributed by atoms with Gasteiger partial charge in [-0.2, -0.15) is 5.10 Å². The molecule has 1 saturated heterocycles. The maximum absolute atomic E-state index is 6.01. The Bertz CT molecular complexity index is 372. The summed E-state index contributed by atoms with van der Waals surface area (Å²) in [6.45, 7) is 2.30. The van der Waals surface area contributed by atoms with Gasteiger partial charge in [-0.1, -0.05) is 11.6 Å². The third-order valence-electron chi connectivity index (χ3n) is 2.95. The van der Waals surface area contributed by atoms with Crippen LogP contribution < -0.4 is 4.74 Å². The Kier molecular flexibility index (Phi) is 3.61. The molecule has 1 aliphatic heterocycles. The molecule has 5 heteroatoms. The fourth-order valence-corrected chi connectivity index (χ4v) is 2.36. The topological polar surface area (TPSA) is 38.3 Å². The quantitative estimate of drug-likeness (QED) is 0.806. The van der Waals surface area contributed by atoms with Gasteiger partial charge in [0.15, 0.2) is 0 Å². The number of nitrogens with zero attached hydrogens (tertiary/aromatic N) is 3. The fraction of sp³-hybridized carbons (Fsp3) is 0.636. The van der Waals surface area contributed by atoms with E-state index in [2.05, 4.69) is 22.1 Å². The average molecular weight is 242 g/mol. The Balaban J connectivity index is 2.02. The zero-order chi connectivity index (χ0) is 11.5. The van der Waals surface area contributed by atoms with Crippen molar-refractivity contribution >= 4 is 11.6 Å². The number of hydrogen-bond donors (Lipinski definition) is 0. The normalized spacial score (nSPS) is 21.3. The molecule has 1 fully saturated rings. The minimum absolute atomic E-state index is 0.397. The first kappa shape index (κ1) is 11.6. The Hall–Kier alpha value is -0.870. The van der Waals surface area contributed by atoms with Gasteiger partial charge in [-0.3, -0.25) is 0 Å². The molecule has 1 unspecified atom stereocenters. The highest BCUT2D eigenvalue weighted by Gasteiger charge is 2.20. The minimum Gasteiger partial charge on any atom is -0.479 e. The first-order chi connectivity index (χ1) is 7.69. The Morgan fingerprint density at radius 3 is 2.94 bits per heavy atom. The number of ether oxygens (including phenoxy) is 1. The van der Waals surface area contributed by atoms with Crippen molar-refractivity contribution in [3.63, 3.8) is 0 Å². The highest BCUT2D eigenvalue weighted by atomic mass is 35.5. The van der Waals surface area contributed by atoms with Gasteiger partial charge in [0.25, 0.3) is 5.88 Å². The molecule has 0 radical (unpaired) electrons. The predicted octanol–water partition coefficient (Wildman–Crippen LogP) is 1.63. The molecule has 2 heterocycles. The smallest absolute Gasteiger partial charge is 0.252 e. The van der Waals surface area contributed by atoms with Gasteiger partial charge in [-0.15, -0.1) is 5.10 Å². The zero-order valence-electron chi connectivity index (χ0n) is 9.61. The van der Waals surface area contributed by atoms with Crippen LogP contribution >= 0.6 is 11.6 Å². The van der Waals surface area contributed by atoms with E-state index in [-0.39, 0.29) is 0 Å². The van der Waals surface area contributed by atoms with Crippen LogP contribution in [0, 0.1) is 5.92 Å². The first-order valence-corrected chi connectivity index (χ1v) is 5.81. The molecule has 0 bridgehead atoms. The molecular weight excluding hydrogens is 226 g/mol. The van der Waals surface area contributed by atoms with E-state index in [9.17, 15) is 0 Å². The Labute approximate surface area is 101 Å². The van der Waals surface area contributed by atoms with Crippen LogP contribution in [0.5, 0.6) is 5.88 Å². The summed E-state index contributed by atoms with van der Waals surface area (Å²) >= 11 is 6.01. The van der Waals surface area contributed by atoms with Gasteiger partial charge in [-0.05, 0) is 38.4 Å². The fourth-order valence-electron chi connectivity index (χ4n) is 2.12. The van der Waals surface area contributed by atoms with Gasteiger partial charge >= 0.3 is 0 Å². The molecule has 2 rings (SSSR count). The van der Waals surface area contributed by atoms with Gasteiger partial charge in [0.1, 0.15) is 5.02 Å². The molecule has 1 aliphatic rings. The summed E-state index contributed by atoms with van der Waals surface area (Å²) in [4.78, 5) is 2.34. The van der Waals surface area contributed by atoms with E-state index in [0.29, 0.717) is 16.8 Å². The summed E-state index contributed by atoms with van der Waals surface area (Å²) in [6, 6.07) is 1.85. The summed E-state index contributed by atoms with van der Waals surface area (Å²) < 4.78 is 4.97. The Morgan fingerprint density at radius 1 is 1.56 bits per heavy atom. The molecule has 1 aromatic rings. The largest absolute Gasteiger partial charge is 0.479 e. The predicted molar refractivity (Wildman–Crippen MR) is 62.9 cm³/mol. The van der Waals surface area contributed by atoms with Crippen molar-refractivity contribution < 1.29 is 4.74 Å². The lowest BCUT2D eigenvalue weighted by molar-refractivity contribution is 0.386. The minimum atomic E-state index is 0.397. The second kappa shape index (κ2) is 4.97. The van der Waals surface area contributed by atoms with E-state index in [1.54, 1.807) is 7.11 Å². The van der Waals surface area contributed by atoms with E-state index >= 15 is 0 Å². The third kappa shape index (κ3) is 2.62. The van der Waals surface area contributed by atoms with Crippen LogP contribution in [-0.2, 0) is 6.42 Å². The van der Waals surface area contributed by atoms with E-state index in [4.69, 9.17) is 16.3 Å². The monoisotopic (exact) mass is 241 g/mol. The molecule has 0 amide bonds. The summed E-state index contributed by atoms with van der Waals surface area (Å²) in [5.41, 5.74) is 0.950. The zero-order valence-corrected chi connectivity index (χ0v) is 10.4. The summed E-state index contributed by atoms with van der Waals surface area (Å²) in [5.74, 6) is 1.07. The lowest BCUT2D eigenvalue weighted by atomic mass is 10.0. The summed E-state index contributed by atoms with van der Waals surface area (Å²) in [5, 5.41) is 8.60. The van der Waals surface area contributed by atoms with Crippen molar-refractivity contribution in [2.75, 3.05) is 27.2 Å². The van der Waals surface area contributed by atoms with Crippen LogP contribution in [0.25, 0.3) is 0 Å². The maximum Gasteiger partial charge on any atom is 0.252 e. The molecule has 0 aromatic carbocycles. The Morgan fingerprint density at radius 2 is 2.38 bits per heavy atom. The SMILES string of the molecule is COc1nnc(CC2CCN(C)C2)cc1Cl. The van der Waals surface area contributed by atoms with Crippen LogP contribution in [0.15, 0.2) is 6.07 Å². The maximum atomic E-state index is 6.01. The second-order valence-electron chi connectivity index (χ2n) is 4.31. The number of rotatable bonds is 3. The van der Waals surface area contributed by atoms with E-state index < -0.39 is 0 Å². The van der Waals surface area contributed by atoms with Crippen molar-refractivity contribution in [3.8, 4) is 5.88 Å². The molecule has 0 aliphatic carbocycles. The molecule has 0 saturated carbocycles. The van der Waals surface area contributed by atoms with Gasteiger partial charge in [-0.25, -0.2) is 0 Å². The van der Waals surface area contributed by atoms with Crippen molar-refractivity contribution in [3.05, 3.63) is 16.8 Å². The molecule has 4 nitrogen and oxygen atoms in total. The molecule has 16 heavy (non-hydrogen) atoms. The lowest BCUT2D eigenvalue weighted by Crippen LogP contribution is -2.15. The van der Waals surface area contributed by atoms with E-state index in [1.807, 2.05) is 6.07 Å². The molecule has 0 spiro atoms. The summed E-state index contributed by atoms with van der Waals surface area (Å²) in [7, 11) is 3.69. The van der Waals surface area contributed by atoms with Gasteiger partial charge in [0, 0.05) is 6.54 Å². The molecule has 0 N–H and O–H groups in total.